The van der Waals surface area contributed by atoms with E-state index in [1.165, 1.54) is 12.1 Å². The Morgan fingerprint density at radius 1 is 1.26 bits per heavy atom. The van der Waals surface area contributed by atoms with Gasteiger partial charge in [-0.2, -0.15) is 5.10 Å². The van der Waals surface area contributed by atoms with Gasteiger partial charge in [-0.25, -0.2) is 4.39 Å². The molecule has 1 aliphatic rings. The molecular weight excluding hydrogens is 293 g/mol. The number of carbonyl (C=O) groups is 1. The van der Waals surface area contributed by atoms with Gasteiger partial charge in [-0.3, -0.25) is 9.89 Å². The van der Waals surface area contributed by atoms with Gasteiger partial charge < -0.3 is 4.90 Å². The van der Waals surface area contributed by atoms with Crippen molar-refractivity contribution in [3.63, 3.8) is 0 Å². The van der Waals surface area contributed by atoms with Crippen molar-refractivity contribution in [2.24, 2.45) is 0 Å². The molecule has 0 bridgehead atoms. The number of likely N-dealkylation sites (tertiary alicyclic amines) is 1. The first-order chi connectivity index (χ1) is 11.1. The number of nitrogens with one attached hydrogen (secondary N) is 1. The highest BCUT2D eigenvalue weighted by atomic mass is 19.1. The largest absolute Gasteiger partial charge is 0.338 e. The van der Waals surface area contributed by atoms with Crippen molar-refractivity contribution in [3.05, 3.63) is 52.6 Å². The second-order valence-corrected chi connectivity index (χ2v) is 6.30. The van der Waals surface area contributed by atoms with Crippen LogP contribution in [0, 0.1) is 19.7 Å². The van der Waals surface area contributed by atoms with Crippen molar-refractivity contribution < 1.29 is 9.18 Å². The zero-order valence-corrected chi connectivity index (χ0v) is 13.6. The van der Waals surface area contributed by atoms with E-state index in [9.17, 15) is 9.18 Å². The van der Waals surface area contributed by atoms with Gasteiger partial charge in [-0.15, -0.1) is 0 Å². The molecule has 1 amide bonds. The molecule has 4 nitrogen and oxygen atoms in total. The molecule has 1 aromatic carbocycles. The van der Waals surface area contributed by atoms with Crippen LogP contribution in [0.25, 0.3) is 0 Å². The SMILES string of the molecule is Cc1n[nH]c(C)c1C(=O)N1CCCCC(c2ccc(F)cc2)C1. The number of amides is 1. The van der Waals surface area contributed by atoms with Gasteiger partial charge in [0.2, 0.25) is 0 Å². The van der Waals surface area contributed by atoms with Crippen molar-refractivity contribution >= 4 is 5.91 Å². The lowest BCUT2D eigenvalue weighted by molar-refractivity contribution is 0.0753. The van der Waals surface area contributed by atoms with Crippen molar-refractivity contribution in [1.29, 1.82) is 0 Å². The summed E-state index contributed by atoms with van der Waals surface area (Å²) in [4.78, 5) is 14.8. The molecule has 0 saturated carbocycles. The minimum atomic E-state index is -0.222. The number of carbonyl (C=O) groups excluding carboxylic acids is 1. The van der Waals surface area contributed by atoms with Crippen LogP contribution >= 0.6 is 0 Å². The van der Waals surface area contributed by atoms with Crippen LogP contribution in [-0.2, 0) is 0 Å². The highest BCUT2D eigenvalue weighted by Gasteiger charge is 2.26. The van der Waals surface area contributed by atoms with Crippen LogP contribution in [-0.4, -0.2) is 34.1 Å². The number of hydrogen-bond donors (Lipinski definition) is 1. The van der Waals surface area contributed by atoms with E-state index in [2.05, 4.69) is 10.2 Å². The van der Waals surface area contributed by atoms with Crippen molar-refractivity contribution in [2.75, 3.05) is 13.1 Å². The zero-order valence-electron chi connectivity index (χ0n) is 13.6. The smallest absolute Gasteiger partial charge is 0.257 e. The Labute approximate surface area is 135 Å². The molecule has 3 rings (SSSR count). The molecule has 0 aliphatic carbocycles. The highest BCUT2D eigenvalue weighted by Crippen LogP contribution is 2.28. The molecular formula is C18H22FN3O. The number of rotatable bonds is 2. The third-order valence-electron chi connectivity index (χ3n) is 4.64. The molecule has 122 valence electrons. The summed E-state index contributed by atoms with van der Waals surface area (Å²) in [6.45, 7) is 5.17. The fourth-order valence-corrected chi connectivity index (χ4v) is 3.36. The average Bonchev–Trinajstić information content (AvgIpc) is 2.76. The maximum atomic E-state index is 13.1. The lowest BCUT2D eigenvalue weighted by atomic mass is 9.94. The average molecular weight is 315 g/mol. The molecule has 1 fully saturated rings. The normalized spacial score (nSPS) is 18.7. The van der Waals surface area contributed by atoms with E-state index in [-0.39, 0.29) is 17.6 Å². The lowest BCUT2D eigenvalue weighted by Gasteiger charge is -2.25. The summed E-state index contributed by atoms with van der Waals surface area (Å²) in [6, 6.07) is 6.66. The van der Waals surface area contributed by atoms with Crippen LogP contribution in [0.3, 0.4) is 0 Å². The molecule has 2 aromatic rings. The summed E-state index contributed by atoms with van der Waals surface area (Å²) in [6.07, 6.45) is 3.10. The van der Waals surface area contributed by atoms with Gasteiger partial charge in [0, 0.05) is 24.7 Å². The van der Waals surface area contributed by atoms with Crippen LogP contribution in [0.2, 0.25) is 0 Å². The maximum absolute atomic E-state index is 13.1. The molecule has 5 heteroatoms. The first-order valence-electron chi connectivity index (χ1n) is 8.12. The topological polar surface area (TPSA) is 49.0 Å². The summed E-state index contributed by atoms with van der Waals surface area (Å²) < 4.78 is 13.1. The summed E-state index contributed by atoms with van der Waals surface area (Å²) in [5.74, 6) is 0.0808. The van der Waals surface area contributed by atoms with Gasteiger partial charge in [0.25, 0.3) is 5.91 Å². The Kier molecular flexibility index (Phi) is 4.46. The third-order valence-corrected chi connectivity index (χ3v) is 4.64. The lowest BCUT2D eigenvalue weighted by Crippen LogP contribution is -2.34. The van der Waals surface area contributed by atoms with Gasteiger partial charge >= 0.3 is 0 Å². The van der Waals surface area contributed by atoms with Crippen LogP contribution in [0.1, 0.15) is 52.5 Å². The van der Waals surface area contributed by atoms with E-state index in [0.29, 0.717) is 12.1 Å². The number of aromatic nitrogens is 2. The molecule has 1 aromatic heterocycles. The van der Waals surface area contributed by atoms with Gasteiger partial charge in [-0.1, -0.05) is 18.6 Å². The van der Waals surface area contributed by atoms with Gasteiger partial charge in [0.05, 0.1) is 11.3 Å². The Hall–Kier alpha value is -2.17. The highest BCUT2D eigenvalue weighted by molar-refractivity contribution is 5.96. The van der Waals surface area contributed by atoms with E-state index in [1.807, 2.05) is 30.9 Å². The molecule has 2 heterocycles. The summed E-state index contributed by atoms with van der Waals surface area (Å²) >= 11 is 0. The van der Waals surface area contributed by atoms with E-state index in [0.717, 1.165) is 42.8 Å². The van der Waals surface area contributed by atoms with Crippen molar-refractivity contribution in [3.8, 4) is 0 Å². The van der Waals surface area contributed by atoms with Crippen molar-refractivity contribution in [1.82, 2.24) is 15.1 Å². The van der Waals surface area contributed by atoms with Crippen LogP contribution in [0.4, 0.5) is 4.39 Å². The predicted octanol–water partition coefficient (Wildman–Crippen LogP) is 3.58. The van der Waals surface area contributed by atoms with Gasteiger partial charge in [0.15, 0.2) is 0 Å². The number of halogens is 1. The molecule has 23 heavy (non-hydrogen) atoms. The minimum absolute atomic E-state index is 0.0442. The first kappa shape index (κ1) is 15.7. The van der Waals surface area contributed by atoms with Crippen molar-refractivity contribution in [2.45, 2.75) is 39.0 Å². The molecule has 1 aliphatic heterocycles. The second-order valence-electron chi connectivity index (χ2n) is 6.30. The monoisotopic (exact) mass is 315 g/mol. The zero-order chi connectivity index (χ0) is 16.4. The third kappa shape index (κ3) is 3.28. The van der Waals surface area contributed by atoms with E-state index >= 15 is 0 Å². The van der Waals surface area contributed by atoms with Crippen LogP contribution < -0.4 is 0 Å². The molecule has 0 radical (unpaired) electrons. The Balaban J connectivity index is 1.82. The summed E-state index contributed by atoms with van der Waals surface area (Å²) in [5.41, 5.74) is 3.35. The maximum Gasteiger partial charge on any atom is 0.257 e. The number of benzene rings is 1. The quantitative estimate of drug-likeness (QED) is 0.921. The van der Waals surface area contributed by atoms with E-state index in [4.69, 9.17) is 0 Å². The molecule has 1 atom stereocenters. The number of nitrogens with zero attached hydrogens (tertiary/aromatic N) is 2. The number of H-pyrrole nitrogens is 1. The predicted molar refractivity (Wildman–Crippen MR) is 87.0 cm³/mol. The fraction of sp³-hybridized carbons (Fsp3) is 0.444. The Bertz CT molecular complexity index is 673. The number of hydrogen-bond acceptors (Lipinski definition) is 2. The number of aryl methyl sites for hydroxylation is 2. The fourth-order valence-electron chi connectivity index (χ4n) is 3.36. The summed E-state index contributed by atoms with van der Waals surface area (Å²) in [7, 11) is 0. The molecule has 1 saturated heterocycles. The minimum Gasteiger partial charge on any atom is -0.338 e. The first-order valence-corrected chi connectivity index (χ1v) is 8.12. The van der Waals surface area contributed by atoms with Crippen LogP contribution in [0.15, 0.2) is 24.3 Å². The van der Waals surface area contributed by atoms with E-state index < -0.39 is 0 Å². The van der Waals surface area contributed by atoms with Gasteiger partial charge in [0.1, 0.15) is 5.82 Å². The van der Waals surface area contributed by atoms with E-state index in [1.54, 1.807) is 0 Å². The standard InChI is InChI=1S/C18H22FN3O/c1-12-17(13(2)21-20-12)18(23)22-10-4-3-5-15(11-22)14-6-8-16(19)9-7-14/h6-9,15H,3-5,10-11H2,1-2H3,(H,20,21). The van der Waals surface area contributed by atoms with Gasteiger partial charge in [-0.05, 0) is 44.4 Å². The Morgan fingerprint density at radius 2 is 2.00 bits per heavy atom. The summed E-state index contributed by atoms with van der Waals surface area (Å²) in [5, 5.41) is 7.01. The number of aromatic amines is 1. The second kappa shape index (κ2) is 6.52. The molecule has 1 unspecified atom stereocenters. The Morgan fingerprint density at radius 3 is 2.65 bits per heavy atom. The molecule has 1 N–H and O–H groups in total. The molecule has 0 spiro atoms. The van der Waals surface area contributed by atoms with Crippen LogP contribution in [0.5, 0.6) is 0 Å².